The minimum atomic E-state index is -0.262. The molecule has 0 saturated carbocycles. The van der Waals surface area contributed by atoms with Crippen LogP contribution in [0.25, 0.3) is 11.3 Å². The van der Waals surface area contributed by atoms with Crippen LogP contribution in [0.5, 0.6) is 0 Å². The molecule has 22 heavy (non-hydrogen) atoms. The van der Waals surface area contributed by atoms with Crippen LogP contribution in [0.3, 0.4) is 0 Å². The van der Waals surface area contributed by atoms with Gasteiger partial charge in [0.2, 0.25) is 0 Å². The van der Waals surface area contributed by atoms with Gasteiger partial charge in [-0.2, -0.15) is 0 Å². The number of carbonyl (C=O) groups is 1. The molecule has 0 N–H and O–H groups in total. The van der Waals surface area contributed by atoms with Gasteiger partial charge in [-0.05, 0) is 36.4 Å². The van der Waals surface area contributed by atoms with Crippen LogP contribution >= 0.6 is 23.1 Å². The molecule has 6 heteroatoms. The fraction of sp³-hybridized carbons (Fsp3) is 0.125. The summed E-state index contributed by atoms with van der Waals surface area (Å²) in [6, 6.07) is 9.91. The first kappa shape index (κ1) is 15.0. The molecular weight excluding hydrogens is 319 g/mol. The highest BCUT2D eigenvalue weighted by Gasteiger charge is 2.11. The van der Waals surface area contributed by atoms with E-state index in [9.17, 15) is 9.18 Å². The van der Waals surface area contributed by atoms with E-state index in [2.05, 4.69) is 4.98 Å². The van der Waals surface area contributed by atoms with E-state index in [1.54, 1.807) is 12.1 Å². The number of rotatable bonds is 5. The van der Waals surface area contributed by atoms with Crippen LogP contribution in [0.2, 0.25) is 0 Å². The van der Waals surface area contributed by atoms with Crippen LogP contribution in [-0.4, -0.2) is 21.1 Å². The molecule has 3 nitrogen and oxygen atoms in total. The molecule has 0 atom stereocenters. The SMILES string of the molecule is Cn1cccc1C(=O)CSc1nc(-c2ccc(F)cc2)cs1. The molecule has 0 aliphatic rings. The number of aryl methyl sites for hydroxylation is 1. The topological polar surface area (TPSA) is 34.9 Å². The van der Waals surface area contributed by atoms with E-state index in [0.717, 1.165) is 15.6 Å². The lowest BCUT2D eigenvalue weighted by atomic mass is 10.2. The van der Waals surface area contributed by atoms with Gasteiger partial charge in [-0.25, -0.2) is 9.37 Å². The van der Waals surface area contributed by atoms with Crippen molar-refractivity contribution in [3.63, 3.8) is 0 Å². The molecule has 0 spiro atoms. The number of carbonyl (C=O) groups excluding carboxylic acids is 1. The summed E-state index contributed by atoms with van der Waals surface area (Å²) < 4.78 is 15.6. The predicted octanol–water partition coefficient (Wildman–Crippen LogP) is 4.26. The molecule has 0 aliphatic heterocycles. The Kier molecular flexibility index (Phi) is 4.40. The van der Waals surface area contributed by atoms with Crippen molar-refractivity contribution in [1.82, 2.24) is 9.55 Å². The van der Waals surface area contributed by atoms with Crippen LogP contribution in [0, 0.1) is 5.82 Å². The largest absolute Gasteiger partial charge is 0.348 e. The molecule has 0 bridgehead atoms. The second-order valence-electron chi connectivity index (χ2n) is 4.72. The Morgan fingerprint density at radius 1 is 1.32 bits per heavy atom. The van der Waals surface area contributed by atoms with Crippen LogP contribution in [0.1, 0.15) is 10.5 Å². The van der Waals surface area contributed by atoms with Crippen molar-refractivity contribution in [2.75, 3.05) is 5.75 Å². The van der Waals surface area contributed by atoms with Gasteiger partial charge in [-0.3, -0.25) is 4.79 Å². The lowest BCUT2D eigenvalue weighted by molar-refractivity contribution is 0.101. The Bertz CT molecular complexity index is 793. The minimum absolute atomic E-state index is 0.0797. The summed E-state index contributed by atoms with van der Waals surface area (Å²) in [4.78, 5) is 16.6. The zero-order valence-electron chi connectivity index (χ0n) is 11.8. The number of thioether (sulfide) groups is 1. The zero-order valence-corrected chi connectivity index (χ0v) is 13.5. The van der Waals surface area contributed by atoms with Crippen molar-refractivity contribution in [2.24, 2.45) is 7.05 Å². The molecule has 3 rings (SSSR count). The van der Waals surface area contributed by atoms with Crippen molar-refractivity contribution in [2.45, 2.75) is 4.34 Å². The fourth-order valence-corrected chi connectivity index (χ4v) is 3.74. The monoisotopic (exact) mass is 332 g/mol. The molecule has 0 radical (unpaired) electrons. The number of thiazole rings is 1. The molecule has 1 aromatic carbocycles. The molecule has 0 aliphatic carbocycles. The van der Waals surface area contributed by atoms with Crippen molar-refractivity contribution in [1.29, 1.82) is 0 Å². The predicted molar refractivity (Wildman–Crippen MR) is 88.0 cm³/mol. The van der Waals surface area contributed by atoms with Gasteiger partial charge < -0.3 is 4.57 Å². The minimum Gasteiger partial charge on any atom is -0.348 e. The maximum absolute atomic E-state index is 12.9. The number of hydrogen-bond acceptors (Lipinski definition) is 4. The van der Waals surface area contributed by atoms with Gasteiger partial charge in [0, 0.05) is 24.2 Å². The average molecular weight is 332 g/mol. The van der Waals surface area contributed by atoms with Crippen molar-refractivity contribution < 1.29 is 9.18 Å². The van der Waals surface area contributed by atoms with E-state index < -0.39 is 0 Å². The van der Waals surface area contributed by atoms with Crippen LogP contribution in [0.15, 0.2) is 52.3 Å². The summed E-state index contributed by atoms with van der Waals surface area (Å²) in [7, 11) is 1.86. The third-order valence-corrected chi connectivity index (χ3v) is 5.20. The van der Waals surface area contributed by atoms with Crippen molar-refractivity contribution in [3.8, 4) is 11.3 Å². The lowest BCUT2D eigenvalue weighted by Gasteiger charge is -2.01. The van der Waals surface area contributed by atoms with E-state index in [4.69, 9.17) is 0 Å². The van der Waals surface area contributed by atoms with Crippen LogP contribution in [0.4, 0.5) is 4.39 Å². The molecule has 112 valence electrons. The first-order valence-corrected chi connectivity index (χ1v) is 8.49. The smallest absolute Gasteiger partial charge is 0.189 e. The Morgan fingerprint density at radius 3 is 2.77 bits per heavy atom. The highest BCUT2D eigenvalue weighted by atomic mass is 32.2. The Morgan fingerprint density at radius 2 is 2.09 bits per heavy atom. The molecule has 2 aromatic heterocycles. The number of nitrogens with zero attached hydrogens (tertiary/aromatic N) is 2. The lowest BCUT2D eigenvalue weighted by Crippen LogP contribution is -2.07. The number of Topliss-reactive ketones (excluding diaryl/α,β-unsaturated/α-hetero) is 1. The van der Waals surface area contributed by atoms with Gasteiger partial charge in [-0.1, -0.05) is 11.8 Å². The third kappa shape index (κ3) is 3.28. The van der Waals surface area contributed by atoms with E-state index in [-0.39, 0.29) is 11.6 Å². The Balaban J connectivity index is 1.66. The van der Waals surface area contributed by atoms with E-state index in [1.165, 1.54) is 35.2 Å². The summed E-state index contributed by atoms with van der Waals surface area (Å²) >= 11 is 2.92. The van der Waals surface area contributed by atoms with Crippen LogP contribution in [-0.2, 0) is 7.05 Å². The quantitative estimate of drug-likeness (QED) is 0.517. The first-order valence-electron chi connectivity index (χ1n) is 6.62. The van der Waals surface area contributed by atoms with Gasteiger partial charge in [-0.15, -0.1) is 11.3 Å². The zero-order chi connectivity index (χ0) is 15.5. The number of benzene rings is 1. The normalized spacial score (nSPS) is 10.8. The number of hydrogen-bond donors (Lipinski definition) is 0. The molecule has 0 saturated heterocycles. The van der Waals surface area contributed by atoms with Crippen LogP contribution < -0.4 is 0 Å². The van der Waals surface area contributed by atoms with E-state index in [1.807, 2.05) is 35.3 Å². The van der Waals surface area contributed by atoms with Gasteiger partial charge in [0.05, 0.1) is 17.1 Å². The maximum atomic E-state index is 12.9. The van der Waals surface area contributed by atoms with Gasteiger partial charge in [0.15, 0.2) is 10.1 Å². The Labute approximate surface area is 135 Å². The van der Waals surface area contributed by atoms with Crippen molar-refractivity contribution >= 4 is 28.9 Å². The van der Waals surface area contributed by atoms with Crippen molar-refractivity contribution in [3.05, 3.63) is 59.5 Å². The summed E-state index contributed by atoms with van der Waals surface area (Å²) in [6.07, 6.45) is 1.86. The Hall–Kier alpha value is -1.92. The van der Waals surface area contributed by atoms with Gasteiger partial charge in [0.25, 0.3) is 0 Å². The fourth-order valence-electron chi connectivity index (χ4n) is 2.03. The molecule has 2 heterocycles. The summed E-state index contributed by atoms with van der Waals surface area (Å²) in [6.45, 7) is 0. The molecule has 0 unspecified atom stereocenters. The second kappa shape index (κ2) is 6.46. The number of aromatic nitrogens is 2. The molecular formula is C16H13FN2OS2. The second-order valence-corrected chi connectivity index (χ2v) is 6.80. The van der Waals surface area contributed by atoms with Gasteiger partial charge in [0.1, 0.15) is 5.82 Å². The standard InChI is InChI=1S/C16H13FN2OS2/c1-19-8-2-3-14(19)15(20)10-22-16-18-13(9-21-16)11-4-6-12(17)7-5-11/h2-9H,10H2,1H3. The summed E-state index contributed by atoms with van der Waals surface area (Å²) in [5.74, 6) is 0.173. The maximum Gasteiger partial charge on any atom is 0.189 e. The molecule has 0 amide bonds. The highest BCUT2D eigenvalue weighted by Crippen LogP contribution is 2.28. The summed E-state index contributed by atoms with van der Waals surface area (Å²) in [5.41, 5.74) is 2.37. The number of halogens is 1. The molecule has 0 fully saturated rings. The first-order chi connectivity index (χ1) is 10.6. The highest BCUT2D eigenvalue weighted by molar-refractivity contribution is 8.01. The number of ketones is 1. The van der Waals surface area contributed by atoms with Gasteiger partial charge >= 0.3 is 0 Å². The molecule has 3 aromatic rings. The third-order valence-electron chi connectivity index (χ3n) is 3.18. The average Bonchev–Trinajstić information content (AvgIpc) is 3.14. The summed E-state index contributed by atoms with van der Waals surface area (Å²) in [5, 5.41) is 1.92. The van der Waals surface area contributed by atoms with E-state index in [0.29, 0.717) is 11.4 Å². The van der Waals surface area contributed by atoms with E-state index >= 15 is 0 Å².